The SMILES string of the molecule is Cc1ccc(C(C)C)cc1OCC(=O)NCC1CC1. The molecule has 0 aliphatic heterocycles. The monoisotopic (exact) mass is 261 g/mol. The maximum Gasteiger partial charge on any atom is 0.257 e. The molecule has 0 aromatic heterocycles. The molecule has 2 rings (SSSR count). The Kier molecular flexibility index (Phi) is 4.46. The Bertz CT molecular complexity index is 450. The first-order valence-electron chi connectivity index (χ1n) is 7.06. The third kappa shape index (κ3) is 4.27. The molecule has 1 aromatic carbocycles. The zero-order valence-corrected chi connectivity index (χ0v) is 12.0. The highest BCUT2D eigenvalue weighted by molar-refractivity contribution is 5.77. The number of amides is 1. The molecular formula is C16H23NO2. The van der Waals surface area contributed by atoms with Gasteiger partial charge in [-0.05, 0) is 48.8 Å². The number of rotatable bonds is 6. The molecule has 3 heteroatoms. The van der Waals surface area contributed by atoms with E-state index in [1.54, 1.807) is 0 Å². The van der Waals surface area contributed by atoms with Crippen molar-refractivity contribution in [1.29, 1.82) is 0 Å². The molecule has 1 N–H and O–H groups in total. The van der Waals surface area contributed by atoms with Crippen LogP contribution in [-0.4, -0.2) is 19.1 Å². The summed E-state index contributed by atoms with van der Waals surface area (Å²) in [5, 5.41) is 2.91. The fourth-order valence-electron chi connectivity index (χ4n) is 1.91. The van der Waals surface area contributed by atoms with Gasteiger partial charge in [0.15, 0.2) is 6.61 Å². The van der Waals surface area contributed by atoms with Crippen molar-refractivity contribution in [1.82, 2.24) is 5.32 Å². The van der Waals surface area contributed by atoms with Crippen molar-refractivity contribution < 1.29 is 9.53 Å². The highest BCUT2D eigenvalue weighted by atomic mass is 16.5. The summed E-state index contributed by atoms with van der Waals surface area (Å²) >= 11 is 0. The summed E-state index contributed by atoms with van der Waals surface area (Å²) in [7, 11) is 0. The van der Waals surface area contributed by atoms with Crippen LogP contribution in [0.5, 0.6) is 5.75 Å². The first-order valence-corrected chi connectivity index (χ1v) is 7.06. The van der Waals surface area contributed by atoms with Crippen LogP contribution in [0, 0.1) is 12.8 Å². The minimum absolute atomic E-state index is 0.0266. The molecule has 0 unspecified atom stereocenters. The van der Waals surface area contributed by atoms with Crippen molar-refractivity contribution in [3.63, 3.8) is 0 Å². The molecule has 0 spiro atoms. The van der Waals surface area contributed by atoms with Crippen LogP contribution < -0.4 is 10.1 Å². The Balaban J connectivity index is 1.86. The number of nitrogens with one attached hydrogen (secondary N) is 1. The highest BCUT2D eigenvalue weighted by Crippen LogP contribution is 2.27. The van der Waals surface area contributed by atoms with Gasteiger partial charge in [-0.2, -0.15) is 0 Å². The van der Waals surface area contributed by atoms with Crippen LogP contribution in [0.1, 0.15) is 43.7 Å². The van der Waals surface area contributed by atoms with Crippen molar-refractivity contribution >= 4 is 5.91 Å². The van der Waals surface area contributed by atoms with Gasteiger partial charge in [0, 0.05) is 6.54 Å². The van der Waals surface area contributed by atoms with Crippen molar-refractivity contribution in [2.45, 2.75) is 39.5 Å². The molecule has 0 radical (unpaired) electrons. The molecule has 104 valence electrons. The standard InChI is InChI=1S/C16H23NO2/c1-11(2)14-7-4-12(3)15(8-14)19-10-16(18)17-9-13-5-6-13/h4,7-8,11,13H,5-6,9-10H2,1-3H3,(H,17,18). The zero-order valence-electron chi connectivity index (χ0n) is 12.0. The van der Waals surface area contributed by atoms with Gasteiger partial charge >= 0.3 is 0 Å². The zero-order chi connectivity index (χ0) is 13.8. The van der Waals surface area contributed by atoms with Gasteiger partial charge in [0.25, 0.3) is 5.91 Å². The maximum atomic E-state index is 11.6. The van der Waals surface area contributed by atoms with Gasteiger partial charge in [0.2, 0.25) is 0 Å². The van der Waals surface area contributed by atoms with Crippen molar-refractivity contribution in [3.05, 3.63) is 29.3 Å². The second kappa shape index (κ2) is 6.09. The summed E-state index contributed by atoms with van der Waals surface area (Å²) in [6.07, 6.45) is 2.49. The number of hydrogen-bond acceptors (Lipinski definition) is 2. The van der Waals surface area contributed by atoms with Gasteiger partial charge < -0.3 is 10.1 Å². The van der Waals surface area contributed by atoms with E-state index in [9.17, 15) is 4.79 Å². The Labute approximate surface area is 115 Å². The van der Waals surface area contributed by atoms with E-state index in [2.05, 4.69) is 25.2 Å². The number of aryl methyl sites for hydroxylation is 1. The Morgan fingerprint density at radius 2 is 2.16 bits per heavy atom. The van der Waals surface area contributed by atoms with Crippen LogP contribution in [0.25, 0.3) is 0 Å². The van der Waals surface area contributed by atoms with Gasteiger partial charge in [-0.25, -0.2) is 0 Å². The number of carbonyl (C=O) groups excluding carboxylic acids is 1. The molecule has 1 aromatic rings. The first-order chi connectivity index (χ1) is 9.06. The van der Waals surface area contributed by atoms with E-state index in [1.807, 2.05) is 19.1 Å². The van der Waals surface area contributed by atoms with Crippen molar-refractivity contribution in [2.75, 3.05) is 13.2 Å². The molecule has 1 amide bonds. The molecule has 1 aliphatic rings. The predicted molar refractivity (Wildman–Crippen MR) is 76.5 cm³/mol. The topological polar surface area (TPSA) is 38.3 Å². The van der Waals surface area contributed by atoms with Gasteiger partial charge in [0.05, 0.1) is 0 Å². The third-order valence-corrected chi connectivity index (χ3v) is 3.52. The molecule has 0 atom stereocenters. The minimum atomic E-state index is -0.0266. The summed E-state index contributed by atoms with van der Waals surface area (Å²) in [5.74, 6) is 1.95. The summed E-state index contributed by atoms with van der Waals surface area (Å²) < 4.78 is 5.63. The van der Waals surface area contributed by atoms with E-state index in [4.69, 9.17) is 4.74 Å². The fourth-order valence-corrected chi connectivity index (χ4v) is 1.91. The lowest BCUT2D eigenvalue weighted by Crippen LogP contribution is -2.30. The van der Waals surface area contributed by atoms with Crippen LogP contribution in [0.15, 0.2) is 18.2 Å². The predicted octanol–water partition coefficient (Wildman–Crippen LogP) is 3.02. The van der Waals surface area contributed by atoms with Crippen LogP contribution in [0.4, 0.5) is 0 Å². The summed E-state index contributed by atoms with van der Waals surface area (Å²) in [4.78, 5) is 11.6. The molecule has 3 nitrogen and oxygen atoms in total. The van der Waals surface area contributed by atoms with Crippen LogP contribution in [0.3, 0.4) is 0 Å². The summed E-state index contributed by atoms with van der Waals surface area (Å²) in [5.41, 5.74) is 2.30. The molecule has 0 bridgehead atoms. The lowest BCUT2D eigenvalue weighted by Gasteiger charge is -2.12. The molecule has 1 aliphatic carbocycles. The molecule has 1 saturated carbocycles. The van der Waals surface area contributed by atoms with Gasteiger partial charge in [-0.15, -0.1) is 0 Å². The second-order valence-corrected chi connectivity index (χ2v) is 5.72. The van der Waals surface area contributed by atoms with E-state index >= 15 is 0 Å². The highest BCUT2D eigenvalue weighted by Gasteiger charge is 2.21. The van der Waals surface area contributed by atoms with Gasteiger partial charge in [-0.3, -0.25) is 4.79 Å². The van der Waals surface area contributed by atoms with Crippen LogP contribution >= 0.6 is 0 Å². The average molecular weight is 261 g/mol. The van der Waals surface area contributed by atoms with Crippen molar-refractivity contribution in [2.24, 2.45) is 5.92 Å². The number of ether oxygens (including phenoxy) is 1. The molecular weight excluding hydrogens is 238 g/mol. The normalized spacial score (nSPS) is 14.5. The number of benzene rings is 1. The maximum absolute atomic E-state index is 11.6. The summed E-state index contributed by atoms with van der Waals surface area (Å²) in [6.45, 7) is 7.21. The van der Waals surface area contributed by atoms with E-state index in [1.165, 1.54) is 18.4 Å². The largest absolute Gasteiger partial charge is 0.483 e. The fraction of sp³-hybridized carbons (Fsp3) is 0.562. The Morgan fingerprint density at radius 3 is 2.79 bits per heavy atom. The second-order valence-electron chi connectivity index (χ2n) is 5.72. The third-order valence-electron chi connectivity index (χ3n) is 3.52. The van der Waals surface area contributed by atoms with Gasteiger partial charge in [0.1, 0.15) is 5.75 Å². The number of carbonyl (C=O) groups is 1. The van der Waals surface area contributed by atoms with Crippen molar-refractivity contribution in [3.8, 4) is 5.75 Å². The molecule has 19 heavy (non-hydrogen) atoms. The number of hydrogen-bond donors (Lipinski definition) is 1. The van der Waals surface area contributed by atoms with Crippen LogP contribution in [-0.2, 0) is 4.79 Å². The first kappa shape index (κ1) is 13.9. The summed E-state index contributed by atoms with van der Waals surface area (Å²) in [6, 6.07) is 6.20. The smallest absolute Gasteiger partial charge is 0.257 e. The quantitative estimate of drug-likeness (QED) is 0.854. The average Bonchev–Trinajstić information content (AvgIpc) is 3.19. The van der Waals surface area contributed by atoms with E-state index in [0.717, 1.165) is 17.9 Å². The van der Waals surface area contributed by atoms with Crippen LogP contribution in [0.2, 0.25) is 0 Å². The lowest BCUT2D eigenvalue weighted by atomic mass is 10.0. The Hall–Kier alpha value is -1.51. The molecule has 0 heterocycles. The van der Waals surface area contributed by atoms with E-state index in [-0.39, 0.29) is 12.5 Å². The molecule has 0 saturated heterocycles. The van der Waals surface area contributed by atoms with E-state index < -0.39 is 0 Å². The molecule has 1 fully saturated rings. The minimum Gasteiger partial charge on any atom is -0.483 e. The van der Waals surface area contributed by atoms with E-state index in [0.29, 0.717) is 11.8 Å². The van der Waals surface area contributed by atoms with Gasteiger partial charge in [-0.1, -0.05) is 26.0 Å². The lowest BCUT2D eigenvalue weighted by molar-refractivity contribution is -0.123. The Morgan fingerprint density at radius 1 is 1.42 bits per heavy atom.